The van der Waals surface area contributed by atoms with Crippen molar-refractivity contribution in [3.63, 3.8) is 0 Å². The molecule has 0 aromatic heterocycles. The molecule has 1 rings (SSSR count). The first-order valence-corrected chi connectivity index (χ1v) is 6.09. The topological polar surface area (TPSA) is 58.6 Å². The molecule has 94 valence electrons. The molecule has 1 saturated carbocycles. The molecule has 0 aromatic carbocycles. The van der Waals surface area contributed by atoms with Gasteiger partial charge in [0.25, 0.3) is 0 Å². The maximum absolute atomic E-state index is 11.5. The van der Waals surface area contributed by atoms with Crippen molar-refractivity contribution in [2.75, 3.05) is 20.3 Å². The Morgan fingerprint density at radius 3 is 2.69 bits per heavy atom. The van der Waals surface area contributed by atoms with Gasteiger partial charge in [-0.2, -0.15) is 0 Å². The van der Waals surface area contributed by atoms with Crippen LogP contribution in [0.1, 0.15) is 39.0 Å². The molecule has 0 radical (unpaired) electrons. The summed E-state index contributed by atoms with van der Waals surface area (Å²) in [5.41, 5.74) is 0.0402. The second kappa shape index (κ2) is 6.21. The van der Waals surface area contributed by atoms with Crippen LogP contribution in [0.2, 0.25) is 0 Å². The van der Waals surface area contributed by atoms with Crippen LogP contribution in [-0.4, -0.2) is 37.4 Å². The van der Waals surface area contributed by atoms with E-state index >= 15 is 0 Å². The molecule has 4 heteroatoms. The third kappa shape index (κ3) is 3.76. The third-order valence-corrected chi connectivity index (χ3v) is 3.35. The van der Waals surface area contributed by atoms with Crippen LogP contribution in [0.4, 0.5) is 0 Å². The normalized spacial score (nSPS) is 19.2. The molecule has 1 fully saturated rings. The summed E-state index contributed by atoms with van der Waals surface area (Å²) in [5, 5.41) is 12.4. The molecule has 1 unspecified atom stereocenters. The first-order chi connectivity index (χ1) is 7.67. The SMILES string of the molecule is CCCCC(NCC1(CO)CC1)C(=O)OC. The quantitative estimate of drug-likeness (QED) is 0.611. The Labute approximate surface area is 97.4 Å². The van der Waals surface area contributed by atoms with Crippen LogP contribution in [0, 0.1) is 5.41 Å². The van der Waals surface area contributed by atoms with Crippen molar-refractivity contribution in [1.82, 2.24) is 5.32 Å². The Bertz CT molecular complexity index is 226. The average molecular weight is 229 g/mol. The number of ether oxygens (including phenoxy) is 1. The average Bonchev–Trinajstić information content (AvgIpc) is 3.09. The zero-order valence-corrected chi connectivity index (χ0v) is 10.3. The van der Waals surface area contributed by atoms with Gasteiger partial charge in [0.2, 0.25) is 0 Å². The molecule has 0 bridgehead atoms. The molecule has 0 amide bonds. The monoisotopic (exact) mass is 229 g/mol. The zero-order valence-electron chi connectivity index (χ0n) is 10.3. The van der Waals surface area contributed by atoms with E-state index in [2.05, 4.69) is 12.2 Å². The van der Waals surface area contributed by atoms with Gasteiger partial charge in [-0.25, -0.2) is 0 Å². The van der Waals surface area contributed by atoms with E-state index in [1.807, 2.05) is 0 Å². The number of aliphatic hydroxyl groups excluding tert-OH is 1. The summed E-state index contributed by atoms with van der Waals surface area (Å²) in [6.07, 6.45) is 5.00. The number of aliphatic hydroxyl groups is 1. The number of carbonyl (C=O) groups is 1. The van der Waals surface area contributed by atoms with E-state index in [4.69, 9.17) is 4.74 Å². The van der Waals surface area contributed by atoms with E-state index in [1.54, 1.807) is 0 Å². The standard InChI is InChI=1S/C12H23NO3/c1-3-4-5-10(11(15)16-2)13-8-12(9-14)6-7-12/h10,13-14H,3-9H2,1-2H3. The summed E-state index contributed by atoms with van der Waals surface area (Å²) in [6.45, 7) is 3.03. The second-order valence-corrected chi connectivity index (χ2v) is 4.76. The van der Waals surface area contributed by atoms with Crippen molar-refractivity contribution >= 4 is 5.97 Å². The molecule has 0 spiro atoms. The Morgan fingerprint density at radius 1 is 1.56 bits per heavy atom. The van der Waals surface area contributed by atoms with Crippen molar-refractivity contribution in [2.45, 2.75) is 45.1 Å². The fraction of sp³-hybridized carbons (Fsp3) is 0.917. The van der Waals surface area contributed by atoms with Crippen LogP contribution in [0.3, 0.4) is 0 Å². The van der Waals surface area contributed by atoms with Gasteiger partial charge in [0.15, 0.2) is 0 Å². The molecule has 0 heterocycles. The largest absolute Gasteiger partial charge is 0.468 e. The summed E-state index contributed by atoms with van der Waals surface area (Å²) < 4.78 is 4.76. The second-order valence-electron chi connectivity index (χ2n) is 4.76. The fourth-order valence-electron chi connectivity index (χ4n) is 1.76. The van der Waals surface area contributed by atoms with E-state index in [-0.39, 0.29) is 24.0 Å². The molecule has 4 nitrogen and oxygen atoms in total. The highest BCUT2D eigenvalue weighted by Crippen LogP contribution is 2.44. The maximum atomic E-state index is 11.5. The molecule has 0 aliphatic heterocycles. The van der Waals surface area contributed by atoms with Gasteiger partial charge >= 0.3 is 5.97 Å². The molecule has 1 atom stereocenters. The van der Waals surface area contributed by atoms with Gasteiger partial charge in [0.05, 0.1) is 7.11 Å². The van der Waals surface area contributed by atoms with Crippen molar-refractivity contribution in [3.05, 3.63) is 0 Å². The van der Waals surface area contributed by atoms with Crippen molar-refractivity contribution in [3.8, 4) is 0 Å². The highest BCUT2D eigenvalue weighted by atomic mass is 16.5. The summed E-state index contributed by atoms with van der Waals surface area (Å²) in [4.78, 5) is 11.5. The fourth-order valence-corrected chi connectivity index (χ4v) is 1.76. The number of methoxy groups -OCH3 is 1. The lowest BCUT2D eigenvalue weighted by Gasteiger charge is -2.19. The predicted molar refractivity (Wildman–Crippen MR) is 62.1 cm³/mol. The lowest BCUT2D eigenvalue weighted by atomic mass is 10.1. The van der Waals surface area contributed by atoms with Gasteiger partial charge in [-0.05, 0) is 19.3 Å². The van der Waals surface area contributed by atoms with Crippen LogP contribution in [0.25, 0.3) is 0 Å². The molecule has 0 saturated heterocycles. The first kappa shape index (κ1) is 13.5. The summed E-state index contributed by atoms with van der Waals surface area (Å²) in [7, 11) is 1.42. The van der Waals surface area contributed by atoms with Gasteiger partial charge in [0, 0.05) is 18.6 Å². The number of hydrogen-bond acceptors (Lipinski definition) is 4. The molecule has 0 aromatic rings. The van der Waals surface area contributed by atoms with Gasteiger partial charge < -0.3 is 15.2 Å². The minimum atomic E-state index is -0.214. The van der Waals surface area contributed by atoms with Crippen LogP contribution >= 0.6 is 0 Å². The van der Waals surface area contributed by atoms with Gasteiger partial charge in [-0.3, -0.25) is 4.79 Å². The van der Waals surface area contributed by atoms with E-state index in [9.17, 15) is 9.90 Å². The van der Waals surface area contributed by atoms with Crippen LogP contribution in [-0.2, 0) is 9.53 Å². The molecule has 1 aliphatic rings. The Kier molecular flexibility index (Phi) is 5.22. The molecule has 1 aliphatic carbocycles. The van der Waals surface area contributed by atoms with Crippen LogP contribution in [0.15, 0.2) is 0 Å². The number of carbonyl (C=O) groups excluding carboxylic acids is 1. The van der Waals surface area contributed by atoms with E-state index in [0.29, 0.717) is 6.54 Å². The van der Waals surface area contributed by atoms with Crippen molar-refractivity contribution < 1.29 is 14.6 Å². The Morgan fingerprint density at radius 2 is 2.25 bits per heavy atom. The van der Waals surface area contributed by atoms with Crippen molar-refractivity contribution in [1.29, 1.82) is 0 Å². The van der Waals surface area contributed by atoms with Crippen molar-refractivity contribution in [2.24, 2.45) is 5.41 Å². The van der Waals surface area contributed by atoms with Gasteiger partial charge in [-0.15, -0.1) is 0 Å². The maximum Gasteiger partial charge on any atom is 0.322 e. The third-order valence-electron chi connectivity index (χ3n) is 3.35. The first-order valence-electron chi connectivity index (χ1n) is 6.09. The van der Waals surface area contributed by atoms with Crippen LogP contribution in [0.5, 0.6) is 0 Å². The van der Waals surface area contributed by atoms with Crippen LogP contribution < -0.4 is 5.32 Å². The predicted octanol–water partition coefficient (Wildman–Crippen LogP) is 1.08. The highest BCUT2D eigenvalue weighted by molar-refractivity contribution is 5.75. The number of rotatable bonds is 8. The molecular formula is C12H23NO3. The van der Waals surface area contributed by atoms with Gasteiger partial charge in [-0.1, -0.05) is 19.8 Å². The zero-order chi connectivity index (χ0) is 12.0. The number of esters is 1. The van der Waals surface area contributed by atoms with Gasteiger partial charge in [0.1, 0.15) is 6.04 Å². The molecule has 2 N–H and O–H groups in total. The summed E-state index contributed by atoms with van der Waals surface area (Å²) in [6, 6.07) is -0.214. The lowest BCUT2D eigenvalue weighted by molar-refractivity contribution is -0.143. The van der Waals surface area contributed by atoms with E-state index in [1.165, 1.54) is 7.11 Å². The number of nitrogens with one attached hydrogen (secondary N) is 1. The highest BCUT2D eigenvalue weighted by Gasteiger charge is 2.42. The Balaban J connectivity index is 2.34. The summed E-state index contributed by atoms with van der Waals surface area (Å²) in [5.74, 6) is -0.192. The minimum absolute atomic E-state index is 0.0402. The Hall–Kier alpha value is -0.610. The lowest BCUT2D eigenvalue weighted by Crippen LogP contribution is -2.41. The minimum Gasteiger partial charge on any atom is -0.468 e. The van der Waals surface area contributed by atoms with E-state index in [0.717, 1.165) is 32.1 Å². The molecular weight excluding hydrogens is 206 g/mol. The molecule has 16 heavy (non-hydrogen) atoms. The van der Waals surface area contributed by atoms with E-state index < -0.39 is 0 Å². The summed E-state index contributed by atoms with van der Waals surface area (Å²) >= 11 is 0. The number of unbranched alkanes of at least 4 members (excludes halogenated alkanes) is 1. The smallest absolute Gasteiger partial charge is 0.322 e. The number of hydrogen-bond donors (Lipinski definition) is 2.